The van der Waals surface area contributed by atoms with E-state index in [0.717, 1.165) is 32.1 Å². The molecule has 0 spiro atoms. The number of hydrogen-bond donors (Lipinski definition) is 1. The number of hydrogen-bond acceptors (Lipinski definition) is 4. The minimum Gasteiger partial charge on any atom is -0.463 e. The van der Waals surface area contributed by atoms with Crippen LogP contribution in [-0.2, 0) is 11.3 Å². The second-order valence-corrected chi connectivity index (χ2v) is 8.80. The minimum atomic E-state index is -0.963. The third-order valence-electron chi connectivity index (χ3n) is 6.45. The molecule has 0 aromatic carbocycles. The van der Waals surface area contributed by atoms with Crippen LogP contribution in [0.5, 0.6) is 0 Å². The van der Waals surface area contributed by atoms with E-state index in [2.05, 4.69) is 10.4 Å². The van der Waals surface area contributed by atoms with Crippen LogP contribution in [-0.4, -0.2) is 44.6 Å². The predicted molar refractivity (Wildman–Crippen MR) is 114 cm³/mol. The largest absolute Gasteiger partial charge is 0.463 e. The lowest BCUT2D eigenvalue weighted by atomic mass is 9.92. The number of furan rings is 1. The van der Waals surface area contributed by atoms with Crippen LogP contribution in [0.15, 0.2) is 28.9 Å². The summed E-state index contributed by atoms with van der Waals surface area (Å²) in [6, 6.07) is 5.57. The Kier molecular flexibility index (Phi) is 5.97. The van der Waals surface area contributed by atoms with Gasteiger partial charge in [0.25, 0.3) is 5.91 Å². The molecule has 2 aromatic heterocycles. The predicted octanol–water partition coefficient (Wildman–Crippen LogP) is 4.00. The van der Waals surface area contributed by atoms with Crippen molar-refractivity contribution >= 4 is 11.8 Å². The van der Waals surface area contributed by atoms with E-state index in [1.165, 1.54) is 19.3 Å². The average Bonchev–Trinajstić information content (AvgIpc) is 3.36. The topological polar surface area (TPSA) is 80.4 Å². The molecule has 2 aromatic rings. The molecule has 0 saturated heterocycles. The fraction of sp³-hybridized carbons (Fsp3) is 0.609. The van der Waals surface area contributed by atoms with Gasteiger partial charge >= 0.3 is 0 Å². The van der Waals surface area contributed by atoms with Gasteiger partial charge in [0.2, 0.25) is 5.91 Å². The van der Waals surface area contributed by atoms with Gasteiger partial charge in [-0.2, -0.15) is 5.10 Å². The number of aromatic nitrogens is 2. The number of fused-ring (bicyclic) bond motifs is 1. The Morgan fingerprint density at radius 3 is 2.67 bits per heavy atom. The summed E-state index contributed by atoms with van der Waals surface area (Å²) in [5.41, 5.74) is 0.158. The van der Waals surface area contributed by atoms with Gasteiger partial charge in [0.1, 0.15) is 16.9 Å². The highest BCUT2D eigenvalue weighted by Crippen LogP contribution is 2.31. The molecule has 1 fully saturated rings. The Morgan fingerprint density at radius 1 is 1.27 bits per heavy atom. The molecule has 2 amide bonds. The lowest BCUT2D eigenvalue weighted by Crippen LogP contribution is -2.65. The number of nitrogens with one attached hydrogen (secondary N) is 1. The van der Waals surface area contributed by atoms with Gasteiger partial charge in [-0.25, -0.2) is 0 Å². The second kappa shape index (κ2) is 8.66. The summed E-state index contributed by atoms with van der Waals surface area (Å²) in [7, 11) is 0. The summed E-state index contributed by atoms with van der Waals surface area (Å²) in [6.07, 6.45) is 10.5. The first-order chi connectivity index (χ1) is 14.5. The SMILES string of the molecule is CCCN1C(=O)c2cc(-c3ccco3)nn2CC1(C)C(=O)NC1CCCCCCC1. The third-order valence-corrected chi connectivity index (χ3v) is 6.45. The van der Waals surface area contributed by atoms with Gasteiger partial charge in [-0.15, -0.1) is 0 Å². The van der Waals surface area contributed by atoms with Crippen molar-refractivity contribution in [2.24, 2.45) is 0 Å². The summed E-state index contributed by atoms with van der Waals surface area (Å²) >= 11 is 0. The van der Waals surface area contributed by atoms with E-state index in [4.69, 9.17) is 4.42 Å². The highest BCUT2D eigenvalue weighted by molar-refractivity contribution is 6.00. The zero-order chi connectivity index (χ0) is 21.1. The molecule has 0 bridgehead atoms. The summed E-state index contributed by atoms with van der Waals surface area (Å²) in [5.74, 6) is 0.395. The van der Waals surface area contributed by atoms with Crippen molar-refractivity contribution in [1.82, 2.24) is 20.0 Å². The molecule has 2 aliphatic rings. The van der Waals surface area contributed by atoms with E-state index in [1.54, 1.807) is 28.0 Å². The van der Waals surface area contributed by atoms with Crippen LogP contribution >= 0.6 is 0 Å². The summed E-state index contributed by atoms with van der Waals surface area (Å²) < 4.78 is 7.12. The van der Waals surface area contributed by atoms with Crippen LogP contribution in [0.2, 0.25) is 0 Å². The maximum atomic E-state index is 13.5. The van der Waals surface area contributed by atoms with Gasteiger partial charge in [-0.05, 0) is 38.3 Å². The first-order valence-electron chi connectivity index (χ1n) is 11.3. The molecular formula is C23H32N4O3. The Labute approximate surface area is 177 Å². The molecule has 7 heteroatoms. The molecule has 7 nitrogen and oxygen atoms in total. The van der Waals surface area contributed by atoms with E-state index < -0.39 is 5.54 Å². The Balaban J connectivity index is 1.60. The minimum absolute atomic E-state index is 0.0735. The first kappa shape index (κ1) is 20.7. The molecule has 1 aliphatic carbocycles. The van der Waals surface area contributed by atoms with Gasteiger partial charge in [0.15, 0.2) is 5.76 Å². The third kappa shape index (κ3) is 3.89. The smallest absolute Gasteiger partial charge is 0.273 e. The van der Waals surface area contributed by atoms with Gasteiger partial charge in [0.05, 0.1) is 12.8 Å². The maximum absolute atomic E-state index is 13.5. The summed E-state index contributed by atoms with van der Waals surface area (Å²) in [6.45, 7) is 4.78. The fourth-order valence-electron chi connectivity index (χ4n) is 4.70. The lowest BCUT2D eigenvalue weighted by molar-refractivity contribution is -0.134. The van der Waals surface area contributed by atoms with E-state index in [9.17, 15) is 9.59 Å². The second-order valence-electron chi connectivity index (χ2n) is 8.80. The molecule has 162 valence electrons. The van der Waals surface area contributed by atoms with Crippen LogP contribution in [0.4, 0.5) is 0 Å². The van der Waals surface area contributed by atoms with Gasteiger partial charge < -0.3 is 14.6 Å². The van der Waals surface area contributed by atoms with Crippen LogP contribution in [0.1, 0.15) is 75.7 Å². The Hall–Kier alpha value is -2.57. The van der Waals surface area contributed by atoms with Crippen LogP contribution < -0.4 is 5.32 Å². The van der Waals surface area contributed by atoms with Crippen molar-refractivity contribution < 1.29 is 14.0 Å². The fourth-order valence-corrected chi connectivity index (χ4v) is 4.70. The summed E-state index contributed by atoms with van der Waals surface area (Å²) in [5, 5.41) is 7.86. The van der Waals surface area contributed by atoms with Gasteiger partial charge in [-0.1, -0.05) is 39.0 Å². The highest BCUT2D eigenvalue weighted by atomic mass is 16.3. The Bertz CT molecular complexity index is 880. The summed E-state index contributed by atoms with van der Waals surface area (Å²) in [4.78, 5) is 28.6. The number of carbonyl (C=O) groups excluding carboxylic acids is 2. The van der Waals surface area contributed by atoms with Crippen molar-refractivity contribution in [3.63, 3.8) is 0 Å². The van der Waals surface area contributed by atoms with Crippen LogP contribution in [0.3, 0.4) is 0 Å². The van der Waals surface area contributed by atoms with Gasteiger partial charge in [0, 0.05) is 18.7 Å². The van der Waals surface area contributed by atoms with E-state index in [0.29, 0.717) is 30.2 Å². The Morgan fingerprint density at radius 2 is 2.00 bits per heavy atom. The zero-order valence-corrected chi connectivity index (χ0v) is 18.0. The molecule has 1 saturated carbocycles. The molecule has 1 atom stereocenters. The van der Waals surface area contributed by atoms with E-state index >= 15 is 0 Å². The first-order valence-corrected chi connectivity index (χ1v) is 11.3. The van der Waals surface area contributed by atoms with Crippen molar-refractivity contribution in [1.29, 1.82) is 0 Å². The molecule has 1 N–H and O–H groups in total. The molecule has 0 radical (unpaired) electrons. The van der Waals surface area contributed by atoms with E-state index in [1.807, 2.05) is 19.9 Å². The van der Waals surface area contributed by atoms with Crippen LogP contribution in [0.25, 0.3) is 11.5 Å². The van der Waals surface area contributed by atoms with Crippen molar-refractivity contribution in [3.05, 3.63) is 30.2 Å². The number of carbonyl (C=O) groups is 2. The number of nitrogens with zero attached hydrogens (tertiary/aromatic N) is 3. The monoisotopic (exact) mass is 412 g/mol. The van der Waals surface area contributed by atoms with E-state index in [-0.39, 0.29) is 17.9 Å². The highest BCUT2D eigenvalue weighted by Gasteiger charge is 2.48. The molecular weight excluding hydrogens is 380 g/mol. The number of amides is 2. The normalized spacial score (nSPS) is 23.0. The van der Waals surface area contributed by atoms with Crippen LogP contribution in [0, 0.1) is 0 Å². The van der Waals surface area contributed by atoms with Gasteiger partial charge in [-0.3, -0.25) is 14.3 Å². The average molecular weight is 413 g/mol. The van der Waals surface area contributed by atoms with Crippen molar-refractivity contribution in [2.75, 3.05) is 6.54 Å². The van der Waals surface area contributed by atoms with Crippen molar-refractivity contribution in [3.8, 4) is 11.5 Å². The number of rotatable bonds is 5. The quantitative estimate of drug-likeness (QED) is 0.805. The molecule has 1 unspecified atom stereocenters. The molecule has 1 aliphatic heterocycles. The molecule has 4 rings (SSSR count). The standard InChI is InChI=1S/C23H32N4O3/c1-3-13-26-21(28)19-15-18(20-12-9-14-30-20)25-27(19)16-23(26,2)22(29)24-17-10-7-5-4-6-8-11-17/h9,12,14-15,17H,3-8,10-11,13,16H2,1-2H3,(H,24,29). The lowest BCUT2D eigenvalue weighted by Gasteiger charge is -2.43. The van der Waals surface area contributed by atoms with Crippen molar-refractivity contribution in [2.45, 2.75) is 83.3 Å². The molecule has 3 heterocycles. The zero-order valence-electron chi connectivity index (χ0n) is 18.0. The molecule has 30 heavy (non-hydrogen) atoms. The maximum Gasteiger partial charge on any atom is 0.273 e.